The summed E-state index contributed by atoms with van der Waals surface area (Å²) in [5.74, 6) is 1.81. The van der Waals surface area contributed by atoms with E-state index < -0.39 is 0 Å². The number of hydrogen-bond donors (Lipinski definition) is 0. The number of carbonyl (C=O) groups is 1. The summed E-state index contributed by atoms with van der Waals surface area (Å²) in [4.78, 5) is 11.7. The molecule has 4 heteroatoms. The summed E-state index contributed by atoms with van der Waals surface area (Å²) < 4.78 is 5.66. The van der Waals surface area contributed by atoms with E-state index in [0.29, 0.717) is 17.8 Å². The van der Waals surface area contributed by atoms with Gasteiger partial charge in [-0.25, -0.2) is 0 Å². The van der Waals surface area contributed by atoms with Crippen LogP contribution in [0.5, 0.6) is 0 Å². The molecule has 2 nitrogen and oxygen atoms in total. The predicted molar refractivity (Wildman–Crippen MR) is 86.8 cm³/mol. The fourth-order valence-electron chi connectivity index (χ4n) is 2.54. The maximum atomic E-state index is 11.7. The molecule has 0 aromatic rings. The third-order valence-corrected chi connectivity index (χ3v) is 3.70. The van der Waals surface area contributed by atoms with Gasteiger partial charge in [-0.05, 0) is 30.6 Å². The molecule has 0 aromatic carbocycles. The van der Waals surface area contributed by atoms with Gasteiger partial charge in [-0.2, -0.15) is 27.0 Å². The van der Waals surface area contributed by atoms with Crippen LogP contribution in [0.15, 0.2) is 0 Å². The molecule has 0 spiro atoms. The van der Waals surface area contributed by atoms with Crippen LogP contribution in [0.25, 0.3) is 0 Å². The second kappa shape index (κ2) is 9.13. The summed E-state index contributed by atoms with van der Waals surface area (Å²) in [5, 5.41) is 0. The monoisotopic (exact) mass is 294 g/mol. The lowest BCUT2D eigenvalue weighted by Gasteiger charge is -2.37. The van der Waals surface area contributed by atoms with Gasteiger partial charge >= 0.3 is 5.97 Å². The minimum atomic E-state index is -0.0373. The molecular weight excluding hydrogens is 264 g/mol. The first-order valence-corrected chi connectivity index (χ1v) is 6.62. The molecule has 0 unspecified atom stereocenters. The molecule has 0 N–H and O–H groups in total. The third kappa shape index (κ3) is 5.87. The van der Waals surface area contributed by atoms with Crippen molar-refractivity contribution in [2.24, 2.45) is 23.7 Å². The first-order valence-electron chi connectivity index (χ1n) is 6.62. The Hall–Kier alpha value is 0.170. The van der Waals surface area contributed by atoms with Crippen LogP contribution in [0, 0.1) is 23.7 Å². The van der Waals surface area contributed by atoms with Crippen molar-refractivity contribution in [3.63, 3.8) is 0 Å². The van der Waals surface area contributed by atoms with Gasteiger partial charge in [-0.1, -0.05) is 41.0 Å². The van der Waals surface area contributed by atoms with Crippen LogP contribution in [-0.4, -0.2) is 12.1 Å². The van der Waals surface area contributed by atoms with E-state index in [1.54, 1.807) is 0 Å². The number of rotatable bonds is 3. The van der Waals surface area contributed by atoms with Crippen molar-refractivity contribution < 1.29 is 9.53 Å². The van der Waals surface area contributed by atoms with E-state index in [9.17, 15) is 4.79 Å². The third-order valence-electron chi connectivity index (χ3n) is 3.70. The molecule has 0 amide bonds. The maximum Gasteiger partial charge on any atom is 0.308 e. The van der Waals surface area contributed by atoms with Crippen molar-refractivity contribution in [2.75, 3.05) is 0 Å². The number of hydrogen-bond acceptors (Lipinski definition) is 2. The van der Waals surface area contributed by atoms with Gasteiger partial charge in [0.25, 0.3) is 0 Å². The molecule has 1 fully saturated rings. The van der Waals surface area contributed by atoms with Crippen LogP contribution in [0.1, 0.15) is 53.9 Å². The van der Waals surface area contributed by atoms with E-state index >= 15 is 0 Å². The van der Waals surface area contributed by atoms with Crippen LogP contribution in [0.4, 0.5) is 0 Å². The molecule has 110 valence electrons. The van der Waals surface area contributed by atoms with Gasteiger partial charge in [0, 0.05) is 0 Å². The highest BCUT2D eigenvalue weighted by Gasteiger charge is 2.33. The van der Waals surface area contributed by atoms with Gasteiger partial charge < -0.3 is 4.74 Å². The second-order valence-corrected chi connectivity index (χ2v) is 5.96. The van der Waals surface area contributed by atoms with Crippen LogP contribution in [0.3, 0.4) is 0 Å². The Morgan fingerprint density at radius 3 is 2.11 bits per heavy atom. The largest absolute Gasteiger partial charge is 0.462 e. The van der Waals surface area contributed by atoms with E-state index in [2.05, 4.69) is 20.8 Å². The molecule has 1 rings (SSSR count). The van der Waals surface area contributed by atoms with Crippen molar-refractivity contribution in [3.8, 4) is 0 Å². The SMILES string of the molecule is CC(C)C(=O)O[C@H]1C[C@@H](C)CC[C@@H]1C(C)C.S.S. The molecule has 0 radical (unpaired) electrons. The Labute approximate surface area is 126 Å². The quantitative estimate of drug-likeness (QED) is 0.739. The normalized spacial score (nSPS) is 27.4. The summed E-state index contributed by atoms with van der Waals surface area (Å²) in [6.45, 7) is 10.5. The lowest BCUT2D eigenvalue weighted by atomic mass is 9.75. The molecule has 1 aliphatic carbocycles. The fourth-order valence-corrected chi connectivity index (χ4v) is 2.54. The van der Waals surface area contributed by atoms with E-state index in [1.165, 1.54) is 12.8 Å². The zero-order chi connectivity index (χ0) is 12.3. The standard InChI is InChI=1S/C14H26O2.2H2S/c1-9(2)12-7-6-11(5)8-13(12)16-14(15)10(3)4;;/h9-13H,6-8H2,1-5H3;2*1H2/t11-,12+,13-;;/m0../s1. The Bertz CT molecular complexity index is 242. The van der Waals surface area contributed by atoms with Gasteiger partial charge in [0.2, 0.25) is 0 Å². The molecular formula is C14H30O2S2. The van der Waals surface area contributed by atoms with Gasteiger partial charge in [0.1, 0.15) is 6.10 Å². The van der Waals surface area contributed by atoms with E-state index in [1.807, 2.05) is 13.8 Å². The second-order valence-electron chi connectivity index (χ2n) is 5.96. The van der Waals surface area contributed by atoms with Crippen molar-refractivity contribution in [1.29, 1.82) is 0 Å². The topological polar surface area (TPSA) is 26.3 Å². The highest BCUT2D eigenvalue weighted by atomic mass is 32.1. The lowest BCUT2D eigenvalue weighted by molar-refractivity contribution is -0.159. The highest BCUT2D eigenvalue weighted by molar-refractivity contribution is 7.59. The van der Waals surface area contributed by atoms with E-state index in [4.69, 9.17) is 4.74 Å². The van der Waals surface area contributed by atoms with Gasteiger partial charge in [-0.15, -0.1) is 0 Å². The van der Waals surface area contributed by atoms with Crippen LogP contribution >= 0.6 is 27.0 Å². The Balaban J connectivity index is 0. The first-order chi connectivity index (χ1) is 7.41. The smallest absolute Gasteiger partial charge is 0.308 e. The summed E-state index contributed by atoms with van der Waals surface area (Å²) in [7, 11) is 0. The first kappa shape index (κ1) is 20.5. The number of carbonyl (C=O) groups excluding carboxylic acids is 1. The Morgan fingerprint density at radius 2 is 1.67 bits per heavy atom. The van der Waals surface area contributed by atoms with Crippen LogP contribution in [-0.2, 0) is 9.53 Å². The number of ether oxygens (including phenoxy) is 1. The average molecular weight is 295 g/mol. The molecule has 1 saturated carbocycles. The van der Waals surface area contributed by atoms with Crippen LogP contribution < -0.4 is 0 Å². The number of esters is 1. The molecule has 0 aromatic heterocycles. The molecule has 0 heterocycles. The fraction of sp³-hybridized carbons (Fsp3) is 0.929. The minimum Gasteiger partial charge on any atom is -0.462 e. The Kier molecular flexibility index (Phi) is 10.4. The zero-order valence-corrected chi connectivity index (χ0v) is 14.3. The molecule has 3 atom stereocenters. The van der Waals surface area contributed by atoms with Crippen molar-refractivity contribution in [3.05, 3.63) is 0 Å². The van der Waals surface area contributed by atoms with Gasteiger partial charge in [-0.3, -0.25) is 4.79 Å². The molecule has 0 aliphatic heterocycles. The van der Waals surface area contributed by atoms with Crippen molar-refractivity contribution in [2.45, 2.75) is 60.0 Å². The van der Waals surface area contributed by atoms with Crippen molar-refractivity contribution >= 4 is 33.0 Å². The minimum absolute atomic E-state index is 0. The predicted octanol–water partition coefficient (Wildman–Crippen LogP) is 3.87. The van der Waals surface area contributed by atoms with Crippen molar-refractivity contribution in [1.82, 2.24) is 0 Å². The van der Waals surface area contributed by atoms with Crippen LogP contribution in [0.2, 0.25) is 0 Å². The average Bonchev–Trinajstić information content (AvgIpc) is 2.16. The molecule has 0 bridgehead atoms. The summed E-state index contributed by atoms with van der Waals surface area (Å²) in [6.07, 6.45) is 3.67. The lowest BCUT2D eigenvalue weighted by Crippen LogP contribution is -2.36. The Morgan fingerprint density at radius 1 is 1.11 bits per heavy atom. The summed E-state index contributed by atoms with van der Waals surface area (Å²) in [6, 6.07) is 0. The van der Waals surface area contributed by atoms with Gasteiger partial charge in [0.05, 0.1) is 5.92 Å². The molecule has 0 saturated heterocycles. The molecule has 1 aliphatic rings. The van der Waals surface area contributed by atoms with Gasteiger partial charge in [0.15, 0.2) is 0 Å². The highest BCUT2D eigenvalue weighted by Crippen LogP contribution is 2.35. The maximum absolute atomic E-state index is 11.7. The van der Waals surface area contributed by atoms with E-state index in [-0.39, 0.29) is 45.0 Å². The van der Waals surface area contributed by atoms with E-state index in [0.717, 1.165) is 6.42 Å². The summed E-state index contributed by atoms with van der Waals surface area (Å²) >= 11 is 0. The zero-order valence-electron chi connectivity index (χ0n) is 12.3. The molecule has 18 heavy (non-hydrogen) atoms. The summed E-state index contributed by atoms with van der Waals surface area (Å²) in [5.41, 5.74) is 0.